The molecule has 7 heteroatoms. The summed E-state index contributed by atoms with van der Waals surface area (Å²) in [6, 6.07) is 13.3. The summed E-state index contributed by atoms with van der Waals surface area (Å²) in [5.41, 5.74) is 2.53. The van der Waals surface area contributed by atoms with Crippen molar-refractivity contribution in [2.45, 2.75) is 57.6 Å². The highest BCUT2D eigenvalue weighted by molar-refractivity contribution is 5.90. The first-order chi connectivity index (χ1) is 15.0. The van der Waals surface area contributed by atoms with Gasteiger partial charge in [0, 0.05) is 31.7 Å². The maximum absolute atomic E-state index is 12.6. The van der Waals surface area contributed by atoms with Crippen LogP contribution in [0.3, 0.4) is 0 Å². The first kappa shape index (κ1) is 22.7. The van der Waals surface area contributed by atoms with Crippen molar-refractivity contribution < 1.29 is 19.4 Å². The average molecular weight is 426 g/mol. The van der Waals surface area contributed by atoms with Gasteiger partial charge in [-0.1, -0.05) is 49.6 Å². The van der Waals surface area contributed by atoms with Gasteiger partial charge in [-0.3, -0.25) is 4.90 Å². The molecule has 1 fully saturated rings. The van der Waals surface area contributed by atoms with Gasteiger partial charge in [-0.15, -0.1) is 0 Å². The normalized spacial score (nSPS) is 15.3. The number of amides is 2. The van der Waals surface area contributed by atoms with Crippen LogP contribution >= 0.6 is 0 Å². The maximum Gasteiger partial charge on any atom is 0.333 e. The number of nitrogens with zero attached hydrogens (tertiary/aromatic N) is 2. The zero-order chi connectivity index (χ0) is 22.2. The zero-order valence-corrected chi connectivity index (χ0v) is 18.2. The molecule has 0 aliphatic heterocycles. The fourth-order valence-electron chi connectivity index (χ4n) is 3.84. The third-order valence-corrected chi connectivity index (χ3v) is 5.63. The van der Waals surface area contributed by atoms with Gasteiger partial charge in [0.1, 0.15) is 5.82 Å². The van der Waals surface area contributed by atoms with Gasteiger partial charge >= 0.3 is 12.0 Å². The molecule has 1 aliphatic carbocycles. The Hall–Kier alpha value is -2.93. The largest absolute Gasteiger partial charge is 0.479 e. The molecule has 3 rings (SSSR count). The Morgan fingerprint density at radius 2 is 1.87 bits per heavy atom. The van der Waals surface area contributed by atoms with Gasteiger partial charge in [-0.05, 0) is 37.5 Å². The number of rotatable bonds is 8. The van der Waals surface area contributed by atoms with Crippen molar-refractivity contribution in [1.82, 2.24) is 10.3 Å². The van der Waals surface area contributed by atoms with Crippen LogP contribution in [0.4, 0.5) is 10.6 Å². The number of nitrogens with one attached hydrogen (secondary N) is 1. The van der Waals surface area contributed by atoms with E-state index in [1.54, 1.807) is 18.9 Å². The Balaban J connectivity index is 1.67. The van der Waals surface area contributed by atoms with Gasteiger partial charge in [0.25, 0.3) is 0 Å². The molecule has 1 aromatic heterocycles. The van der Waals surface area contributed by atoms with Crippen LogP contribution < -0.4 is 10.2 Å². The summed E-state index contributed by atoms with van der Waals surface area (Å²) in [5, 5.41) is 12.4. The smallest absolute Gasteiger partial charge is 0.333 e. The van der Waals surface area contributed by atoms with Crippen molar-refractivity contribution >= 4 is 17.8 Å². The SMILES string of the molecule is CCO[C@@H](Cc1ccc(-c2cccc(N(C)C(=O)NC3CCCCC3)n2)cc1)C(=O)O. The number of urea groups is 1. The molecule has 1 aromatic carbocycles. The minimum Gasteiger partial charge on any atom is -0.479 e. The number of carbonyl (C=O) groups is 2. The molecule has 1 atom stereocenters. The first-order valence-electron chi connectivity index (χ1n) is 10.9. The van der Waals surface area contributed by atoms with Crippen LogP contribution in [0.2, 0.25) is 0 Å². The van der Waals surface area contributed by atoms with Gasteiger partial charge in [0.2, 0.25) is 0 Å². The number of ether oxygens (including phenoxy) is 1. The monoisotopic (exact) mass is 425 g/mol. The number of hydrogen-bond acceptors (Lipinski definition) is 4. The molecule has 0 unspecified atom stereocenters. The van der Waals surface area contributed by atoms with Crippen molar-refractivity contribution in [3.8, 4) is 11.3 Å². The van der Waals surface area contributed by atoms with Gasteiger partial charge in [0.05, 0.1) is 5.69 Å². The van der Waals surface area contributed by atoms with Crippen molar-refractivity contribution in [1.29, 1.82) is 0 Å². The minimum absolute atomic E-state index is 0.137. The molecule has 0 radical (unpaired) electrons. The van der Waals surface area contributed by atoms with Gasteiger partial charge in [-0.25, -0.2) is 14.6 Å². The molecule has 1 aliphatic rings. The summed E-state index contributed by atoms with van der Waals surface area (Å²) in [6.07, 6.45) is 5.09. The second-order valence-electron chi connectivity index (χ2n) is 7.91. The molecule has 2 amide bonds. The van der Waals surface area contributed by atoms with E-state index in [1.807, 2.05) is 42.5 Å². The van der Waals surface area contributed by atoms with Crippen molar-refractivity contribution in [3.05, 3.63) is 48.0 Å². The lowest BCUT2D eigenvalue weighted by atomic mass is 9.96. The Morgan fingerprint density at radius 3 is 2.52 bits per heavy atom. The quantitative estimate of drug-likeness (QED) is 0.659. The van der Waals surface area contributed by atoms with Crippen LogP contribution in [0.1, 0.15) is 44.6 Å². The van der Waals surface area contributed by atoms with Gasteiger partial charge < -0.3 is 15.2 Å². The van der Waals surface area contributed by atoms with E-state index in [0.717, 1.165) is 42.5 Å². The molecule has 2 aromatic rings. The Morgan fingerprint density at radius 1 is 1.16 bits per heavy atom. The van der Waals surface area contributed by atoms with E-state index >= 15 is 0 Å². The highest BCUT2D eigenvalue weighted by Gasteiger charge is 2.20. The van der Waals surface area contributed by atoms with Crippen LogP contribution in [0.25, 0.3) is 11.3 Å². The third-order valence-electron chi connectivity index (χ3n) is 5.63. The van der Waals surface area contributed by atoms with E-state index in [-0.39, 0.29) is 12.1 Å². The predicted octanol–water partition coefficient (Wildman–Crippen LogP) is 4.26. The number of aliphatic carboxylic acids is 1. The number of pyridine rings is 1. The molecule has 0 bridgehead atoms. The van der Waals surface area contributed by atoms with E-state index in [4.69, 9.17) is 4.74 Å². The van der Waals surface area contributed by atoms with Crippen LogP contribution in [-0.2, 0) is 16.0 Å². The lowest BCUT2D eigenvalue weighted by Crippen LogP contribution is -2.44. The average Bonchev–Trinajstić information content (AvgIpc) is 2.79. The zero-order valence-electron chi connectivity index (χ0n) is 18.2. The lowest BCUT2D eigenvalue weighted by Gasteiger charge is -2.26. The van der Waals surface area contributed by atoms with Crippen LogP contribution in [0.5, 0.6) is 0 Å². The number of aromatic nitrogens is 1. The summed E-state index contributed by atoms with van der Waals surface area (Å²) in [7, 11) is 1.73. The number of benzene rings is 1. The van der Waals surface area contributed by atoms with E-state index in [0.29, 0.717) is 18.8 Å². The fourth-order valence-corrected chi connectivity index (χ4v) is 3.84. The molecule has 1 heterocycles. The van der Waals surface area contributed by atoms with Crippen LogP contribution in [0.15, 0.2) is 42.5 Å². The molecular formula is C24H31N3O4. The molecule has 2 N–H and O–H groups in total. The highest BCUT2D eigenvalue weighted by atomic mass is 16.5. The standard InChI is InChI=1S/C24H31N3O4/c1-3-31-21(23(28)29)16-17-12-14-18(15-13-17)20-10-7-11-22(26-20)27(2)24(30)25-19-8-5-4-6-9-19/h7,10-15,19,21H,3-6,8-9,16H2,1-2H3,(H,25,30)(H,28,29)/t21-/m0/s1. The van der Waals surface area contributed by atoms with Crippen molar-refractivity contribution in [2.75, 3.05) is 18.6 Å². The molecule has 0 spiro atoms. The van der Waals surface area contributed by atoms with E-state index in [9.17, 15) is 14.7 Å². The molecule has 31 heavy (non-hydrogen) atoms. The van der Waals surface area contributed by atoms with E-state index < -0.39 is 12.1 Å². The lowest BCUT2D eigenvalue weighted by molar-refractivity contribution is -0.149. The number of carboxylic acids is 1. The van der Waals surface area contributed by atoms with Gasteiger partial charge in [-0.2, -0.15) is 0 Å². The Labute approximate surface area is 183 Å². The number of carboxylic acid groups (broad SMARTS) is 1. The second-order valence-corrected chi connectivity index (χ2v) is 7.91. The number of carbonyl (C=O) groups excluding carboxylic acids is 1. The maximum atomic E-state index is 12.6. The highest BCUT2D eigenvalue weighted by Crippen LogP contribution is 2.22. The minimum atomic E-state index is -0.963. The van der Waals surface area contributed by atoms with Crippen LogP contribution in [-0.4, -0.2) is 47.9 Å². The third kappa shape index (κ3) is 6.28. The Bertz CT molecular complexity index is 879. The fraction of sp³-hybridized carbons (Fsp3) is 0.458. The second kappa shape index (κ2) is 10.9. The molecular weight excluding hydrogens is 394 g/mol. The molecule has 1 saturated carbocycles. The van der Waals surface area contributed by atoms with Crippen molar-refractivity contribution in [3.63, 3.8) is 0 Å². The summed E-state index contributed by atoms with van der Waals surface area (Å²) >= 11 is 0. The van der Waals surface area contributed by atoms with Crippen molar-refractivity contribution in [2.24, 2.45) is 0 Å². The molecule has 0 saturated heterocycles. The predicted molar refractivity (Wildman–Crippen MR) is 120 cm³/mol. The van der Waals surface area contributed by atoms with E-state index in [1.165, 1.54) is 6.42 Å². The number of anilines is 1. The first-order valence-corrected chi connectivity index (χ1v) is 10.9. The Kier molecular flexibility index (Phi) is 8.00. The van der Waals surface area contributed by atoms with Crippen LogP contribution in [0, 0.1) is 0 Å². The molecule has 7 nitrogen and oxygen atoms in total. The summed E-state index contributed by atoms with van der Waals surface area (Å²) < 4.78 is 5.29. The van der Waals surface area contributed by atoms with E-state index in [2.05, 4.69) is 10.3 Å². The summed E-state index contributed by atoms with van der Waals surface area (Å²) in [5.74, 6) is -0.382. The van der Waals surface area contributed by atoms with Gasteiger partial charge in [0.15, 0.2) is 6.10 Å². The number of hydrogen-bond donors (Lipinski definition) is 2. The molecule has 166 valence electrons. The summed E-state index contributed by atoms with van der Waals surface area (Å²) in [4.78, 5) is 30.1. The summed E-state index contributed by atoms with van der Waals surface area (Å²) in [6.45, 7) is 2.14. The topological polar surface area (TPSA) is 91.8 Å².